The third-order valence-corrected chi connectivity index (χ3v) is 5.48. The van der Waals surface area contributed by atoms with E-state index in [1.165, 1.54) is 11.3 Å². The molecule has 148 valence electrons. The number of methoxy groups -OCH3 is 2. The van der Waals surface area contributed by atoms with Gasteiger partial charge in [-0.3, -0.25) is 4.79 Å². The van der Waals surface area contributed by atoms with Crippen molar-refractivity contribution in [1.29, 1.82) is 0 Å². The van der Waals surface area contributed by atoms with Gasteiger partial charge in [0.15, 0.2) is 11.5 Å². The molecule has 2 aromatic heterocycles. The number of ether oxygens (including phenoxy) is 2. The topological polar surface area (TPSA) is 73.6 Å². The van der Waals surface area contributed by atoms with Gasteiger partial charge in [0.1, 0.15) is 22.0 Å². The van der Waals surface area contributed by atoms with Crippen molar-refractivity contribution >= 4 is 28.2 Å². The van der Waals surface area contributed by atoms with Crippen molar-refractivity contribution in [1.82, 2.24) is 10.3 Å². The first-order valence-electron chi connectivity index (χ1n) is 9.06. The number of thiazole rings is 1. The third-order valence-electron chi connectivity index (χ3n) is 4.59. The summed E-state index contributed by atoms with van der Waals surface area (Å²) in [4.78, 5) is 17.1. The van der Waals surface area contributed by atoms with Gasteiger partial charge < -0.3 is 19.2 Å². The maximum Gasteiger partial charge on any atom is 0.271 e. The zero-order valence-corrected chi connectivity index (χ0v) is 17.1. The molecule has 0 saturated carbocycles. The molecule has 29 heavy (non-hydrogen) atoms. The number of benzene rings is 2. The molecule has 4 aromatic rings. The van der Waals surface area contributed by atoms with Crippen molar-refractivity contribution < 1.29 is 18.7 Å². The monoisotopic (exact) mass is 408 g/mol. The summed E-state index contributed by atoms with van der Waals surface area (Å²) in [6.07, 6.45) is 0. The molecule has 0 aliphatic heterocycles. The normalized spacial score (nSPS) is 12.0. The van der Waals surface area contributed by atoms with Crippen molar-refractivity contribution in [3.63, 3.8) is 0 Å². The molecule has 6 nitrogen and oxygen atoms in total. The fraction of sp³-hybridized carbons (Fsp3) is 0.182. The highest BCUT2D eigenvalue weighted by Gasteiger charge is 2.18. The van der Waals surface area contributed by atoms with E-state index in [2.05, 4.69) is 10.3 Å². The molecule has 0 fully saturated rings. The van der Waals surface area contributed by atoms with Crippen LogP contribution < -0.4 is 14.8 Å². The Kier molecular flexibility index (Phi) is 5.22. The molecule has 2 heterocycles. The van der Waals surface area contributed by atoms with Crippen LogP contribution in [-0.4, -0.2) is 25.1 Å². The quantitative estimate of drug-likeness (QED) is 0.482. The molecule has 0 unspecified atom stereocenters. The van der Waals surface area contributed by atoms with Crippen LogP contribution in [0.15, 0.2) is 58.3 Å². The number of hydrogen-bond acceptors (Lipinski definition) is 6. The minimum Gasteiger partial charge on any atom is -0.493 e. The van der Waals surface area contributed by atoms with Gasteiger partial charge in [0.2, 0.25) is 0 Å². The molecule has 0 radical (unpaired) electrons. The van der Waals surface area contributed by atoms with E-state index in [-0.39, 0.29) is 11.9 Å². The predicted molar refractivity (Wildman–Crippen MR) is 113 cm³/mol. The largest absolute Gasteiger partial charge is 0.493 e. The van der Waals surface area contributed by atoms with E-state index in [1.807, 2.05) is 55.5 Å². The van der Waals surface area contributed by atoms with Gasteiger partial charge in [-0.2, -0.15) is 0 Å². The smallest absolute Gasteiger partial charge is 0.271 e. The van der Waals surface area contributed by atoms with Crippen LogP contribution >= 0.6 is 11.3 Å². The van der Waals surface area contributed by atoms with Crippen molar-refractivity contribution in [2.24, 2.45) is 0 Å². The highest BCUT2D eigenvalue weighted by Crippen LogP contribution is 2.33. The zero-order valence-electron chi connectivity index (χ0n) is 16.3. The lowest BCUT2D eigenvalue weighted by Crippen LogP contribution is -2.26. The van der Waals surface area contributed by atoms with Gasteiger partial charge in [-0.25, -0.2) is 4.98 Å². The van der Waals surface area contributed by atoms with Crippen LogP contribution in [0.4, 0.5) is 0 Å². The van der Waals surface area contributed by atoms with Gasteiger partial charge in [0.05, 0.1) is 20.3 Å². The van der Waals surface area contributed by atoms with Crippen molar-refractivity contribution in [2.45, 2.75) is 13.0 Å². The first kappa shape index (κ1) is 19.0. The number of aromatic nitrogens is 1. The standard InChI is InChI=1S/C22H20N2O4S/c1-13(19-10-14-6-4-5-7-17(14)28-19)23-21(25)16-12-29-22(24-16)15-8-9-18(26-2)20(11-15)27-3/h4-13H,1-3H3,(H,23,25)/t13-/m1/s1. The van der Waals surface area contributed by atoms with Crippen LogP contribution in [0, 0.1) is 0 Å². The SMILES string of the molecule is COc1ccc(-c2nc(C(=O)N[C@H](C)c3cc4ccccc4o3)cs2)cc1OC. The average molecular weight is 408 g/mol. The average Bonchev–Trinajstić information content (AvgIpc) is 3.40. The molecule has 0 bridgehead atoms. The number of fused-ring (bicyclic) bond motifs is 1. The number of hydrogen-bond donors (Lipinski definition) is 1. The van der Waals surface area contributed by atoms with Crippen LogP contribution in [0.25, 0.3) is 21.5 Å². The van der Waals surface area contributed by atoms with Crippen LogP contribution in [0.5, 0.6) is 11.5 Å². The summed E-state index contributed by atoms with van der Waals surface area (Å²) in [5.41, 5.74) is 2.02. The number of para-hydroxylation sites is 1. The van der Waals surface area contributed by atoms with Gasteiger partial charge in [0, 0.05) is 16.3 Å². The first-order chi connectivity index (χ1) is 14.1. The Balaban J connectivity index is 1.51. The van der Waals surface area contributed by atoms with E-state index >= 15 is 0 Å². The number of nitrogens with zero attached hydrogens (tertiary/aromatic N) is 1. The lowest BCUT2D eigenvalue weighted by Gasteiger charge is -2.10. The lowest BCUT2D eigenvalue weighted by atomic mass is 10.2. The number of carbonyl (C=O) groups is 1. The summed E-state index contributed by atoms with van der Waals surface area (Å²) in [6, 6.07) is 15.0. The fourth-order valence-corrected chi connectivity index (χ4v) is 3.83. The van der Waals surface area contributed by atoms with Gasteiger partial charge in [-0.1, -0.05) is 18.2 Å². The fourth-order valence-electron chi connectivity index (χ4n) is 3.04. The molecule has 1 amide bonds. The Bertz CT molecular complexity index is 1130. The number of amides is 1. The second-order valence-electron chi connectivity index (χ2n) is 6.49. The maximum absolute atomic E-state index is 12.7. The molecule has 4 rings (SSSR count). The molecule has 0 saturated heterocycles. The summed E-state index contributed by atoms with van der Waals surface area (Å²) in [5, 5.41) is 6.43. The van der Waals surface area contributed by atoms with E-state index in [0.717, 1.165) is 21.5 Å². The summed E-state index contributed by atoms with van der Waals surface area (Å²) in [5.74, 6) is 1.71. The van der Waals surface area contributed by atoms with E-state index in [1.54, 1.807) is 19.6 Å². The number of rotatable bonds is 6. The second kappa shape index (κ2) is 7.97. The first-order valence-corrected chi connectivity index (χ1v) is 9.94. The minimum absolute atomic E-state index is 0.249. The van der Waals surface area contributed by atoms with E-state index in [0.29, 0.717) is 23.0 Å². The molecule has 0 aliphatic rings. The Morgan fingerprint density at radius 3 is 2.66 bits per heavy atom. The van der Waals surface area contributed by atoms with Crippen LogP contribution in [-0.2, 0) is 0 Å². The molecule has 0 spiro atoms. The van der Waals surface area contributed by atoms with Gasteiger partial charge in [-0.15, -0.1) is 11.3 Å². The molecule has 0 aliphatic carbocycles. The van der Waals surface area contributed by atoms with Gasteiger partial charge in [0.25, 0.3) is 5.91 Å². The lowest BCUT2D eigenvalue weighted by molar-refractivity contribution is 0.0931. The summed E-state index contributed by atoms with van der Waals surface area (Å²) < 4.78 is 16.4. The molecule has 1 N–H and O–H groups in total. The zero-order chi connectivity index (χ0) is 20.4. The second-order valence-corrected chi connectivity index (χ2v) is 7.35. The maximum atomic E-state index is 12.7. The number of carbonyl (C=O) groups excluding carboxylic acids is 1. The minimum atomic E-state index is -0.277. The van der Waals surface area contributed by atoms with Crippen molar-refractivity contribution in [2.75, 3.05) is 14.2 Å². The molecule has 7 heteroatoms. The Morgan fingerprint density at radius 1 is 1.10 bits per heavy atom. The van der Waals surface area contributed by atoms with E-state index in [9.17, 15) is 4.79 Å². The highest BCUT2D eigenvalue weighted by molar-refractivity contribution is 7.13. The Labute approximate surface area is 172 Å². The summed E-state index contributed by atoms with van der Waals surface area (Å²) in [6.45, 7) is 1.89. The Hall–Kier alpha value is -3.32. The predicted octanol–water partition coefficient (Wildman–Crippen LogP) is 5.06. The molecular formula is C22H20N2O4S. The van der Waals surface area contributed by atoms with Gasteiger partial charge in [-0.05, 0) is 37.3 Å². The third kappa shape index (κ3) is 3.82. The summed E-state index contributed by atoms with van der Waals surface area (Å²) in [7, 11) is 3.17. The number of nitrogens with one attached hydrogen (secondary N) is 1. The molecule has 2 aromatic carbocycles. The van der Waals surface area contributed by atoms with Crippen molar-refractivity contribution in [3.05, 3.63) is 65.4 Å². The molecular weight excluding hydrogens is 388 g/mol. The summed E-state index contributed by atoms with van der Waals surface area (Å²) >= 11 is 1.40. The van der Waals surface area contributed by atoms with E-state index in [4.69, 9.17) is 13.9 Å². The van der Waals surface area contributed by atoms with Crippen LogP contribution in [0.3, 0.4) is 0 Å². The van der Waals surface area contributed by atoms with E-state index < -0.39 is 0 Å². The van der Waals surface area contributed by atoms with Crippen molar-refractivity contribution in [3.8, 4) is 22.1 Å². The van der Waals surface area contributed by atoms with Crippen LogP contribution in [0.2, 0.25) is 0 Å². The highest BCUT2D eigenvalue weighted by atomic mass is 32.1. The molecule has 1 atom stereocenters. The Morgan fingerprint density at radius 2 is 1.90 bits per heavy atom. The van der Waals surface area contributed by atoms with Gasteiger partial charge >= 0.3 is 0 Å². The number of furan rings is 1. The van der Waals surface area contributed by atoms with Crippen LogP contribution in [0.1, 0.15) is 29.2 Å².